The van der Waals surface area contributed by atoms with E-state index in [-0.39, 0.29) is 23.6 Å². The Morgan fingerprint density at radius 1 is 1.45 bits per heavy atom. The molecule has 0 aliphatic carbocycles. The van der Waals surface area contributed by atoms with Crippen LogP contribution in [0.2, 0.25) is 5.02 Å². The summed E-state index contributed by atoms with van der Waals surface area (Å²) in [5.41, 5.74) is 1.53. The van der Waals surface area contributed by atoms with Crippen LogP contribution in [0.3, 0.4) is 0 Å². The fourth-order valence-electron chi connectivity index (χ4n) is 2.13. The fourth-order valence-corrected chi connectivity index (χ4v) is 4.08. The van der Waals surface area contributed by atoms with Gasteiger partial charge in [-0.2, -0.15) is 0 Å². The van der Waals surface area contributed by atoms with Crippen LogP contribution < -0.4 is 5.32 Å². The van der Waals surface area contributed by atoms with Crippen molar-refractivity contribution in [3.63, 3.8) is 0 Å². The Kier molecular flexibility index (Phi) is 4.25. The van der Waals surface area contributed by atoms with E-state index in [0.717, 1.165) is 5.56 Å². The summed E-state index contributed by atoms with van der Waals surface area (Å²) < 4.78 is 22.9. The number of rotatable bonds is 2. The van der Waals surface area contributed by atoms with Crippen LogP contribution in [-0.4, -0.2) is 43.9 Å². The molecule has 1 unspecified atom stereocenters. The number of hydrogen-bond donors (Lipinski definition) is 1. The normalized spacial score (nSPS) is 20.6. The van der Waals surface area contributed by atoms with Crippen LogP contribution in [0.1, 0.15) is 12.0 Å². The predicted molar refractivity (Wildman–Crippen MR) is 80.0 cm³/mol. The lowest BCUT2D eigenvalue weighted by atomic mass is 10.2. The average molecular weight is 317 g/mol. The number of sulfone groups is 1. The zero-order valence-corrected chi connectivity index (χ0v) is 13.0. The zero-order chi connectivity index (χ0) is 14.9. The maximum Gasteiger partial charge on any atom is 0.321 e. The molecule has 1 N–H and O–H groups in total. The number of nitrogens with one attached hydrogen (secondary N) is 1. The van der Waals surface area contributed by atoms with Crippen LogP contribution in [0.4, 0.5) is 10.5 Å². The first-order valence-electron chi connectivity index (χ1n) is 6.29. The maximum absolute atomic E-state index is 12.1. The number of urea groups is 1. The summed E-state index contributed by atoms with van der Waals surface area (Å²) in [7, 11) is -1.39. The van der Waals surface area contributed by atoms with Crippen molar-refractivity contribution in [1.82, 2.24) is 4.90 Å². The molecule has 0 aromatic heterocycles. The SMILES string of the molecule is Cc1ccc(NC(=O)N(C)C2CCS(=O)(=O)C2)cc1Cl. The molecule has 1 fully saturated rings. The molecule has 0 spiro atoms. The molecule has 7 heteroatoms. The van der Waals surface area contributed by atoms with E-state index in [1.165, 1.54) is 4.90 Å². The molecule has 1 atom stereocenters. The predicted octanol–water partition coefficient (Wildman–Crippen LogP) is 2.30. The zero-order valence-electron chi connectivity index (χ0n) is 11.4. The maximum atomic E-state index is 12.1. The molecular weight excluding hydrogens is 300 g/mol. The van der Waals surface area contributed by atoms with Crippen LogP contribution in [0.5, 0.6) is 0 Å². The van der Waals surface area contributed by atoms with Crippen molar-refractivity contribution in [2.75, 3.05) is 23.9 Å². The van der Waals surface area contributed by atoms with Gasteiger partial charge in [0.2, 0.25) is 0 Å². The Hall–Kier alpha value is -1.27. The molecule has 1 aliphatic rings. The summed E-state index contributed by atoms with van der Waals surface area (Å²) in [6.07, 6.45) is 0.487. The summed E-state index contributed by atoms with van der Waals surface area (Å²) in [5.74, 6) is 0.178. The number of carbonyl (C=O) groups is 1. The van der Waals surface area contributed by atoms with Gasteiger partial charge in [-0.3, -0.25) is 0 Å². The number of hydrogen-bond acceptors (Lipinski definition) is 3. The molecule has 2 amide bonds. The highest BCUT2D eigenvalue weighted by Crippen LogP contribution is 2.21. The van der Waals surface area contributed by atoms with Crippen molar-refractivity contribution in [2.45, 2.75) is 19.4 Å². The van der Waals surface area contributed by atoms with E-state index in [1.54, 1.807) is 19.2 Å². The van der Waals surface area contributed by atoms with E-state index in [0.29, 0.717) is 17.1 Å². The van der Waals surface area contributed by atoms with Gasteiger partial charge >= 0.3 is 6.03 Å². The van der Waals surface area contributed by atoms with E-state index in [4.69, 9.17) is 11.6 Å². The number of nitrogens with zero attached hydrogens (tertiary/aromatic N) is 1. The van der Waals surface area contributed by atoms with Crippen molar-refractivity contribution >= 4 is 33.2 Å². The quantitative estimate of drug-likeness (QED) is 0.910. The molecule has 1 aromatic carbocycles. The Bertz CT molecular complexity index is 631. The third-order valence-corrected chi connectivity index (χ3v) is 5.66. The lowest BCUT2D eigenvalue weighted by Gasteiger charge is -2.23. The minimum atomic E-state index is -3.00. The fraction of sp³-hybridized carbons (Fsp3) is 0.462. The van der Waals surface area contributed by atoms with Crippen molar-refractivity contribution in [3.8, 4) is 0 Å². The van der Waals surface area contributed by atoms with E-state index in [2.05, 4.69) is 5.32 Å². The van der Waals surface area contributed by atoms with Crippen LogP contribution in [0.15, 0.2) is 18.2 Å². The number of benzene rings is 1. The van der Waals surface area contributed by atoms with Gasteiger partial charge in [-0.15, -0.1) is 0 Å². The van der Waals surface area contributed by atoms with Crippen LogP contribution in [-0.2, 0) is 9.84 Å². The Morgan fingerprint density at radius 2 is 2.15 bits per heavy atom. The molecule has 1 heterocycles. The van der Waals surface area contributed by atoms with Gasteiger partial charge in [0.15, 0.2) is 9.84 Å². The molecule has 0 saturated carbocycles. The Morgan fingerprint density at radius 3 is 2.70 bits per heavy atom. The minimum absolute atomic E-state index is 0.0333. The number of anilines is 1. The molecular formula is C13H17ClN2O3S. The summed E-state index contributed by atoms with van der Waals surface area (Å²) >= 11 is 6.00. The first kappa shape index (κ1) is 15.1. The van der Waals surface area contributed by atoms with Crippen molar-refractivity contribution < 1.29 is 13.2 Å². The van der Waals surface area contributed by atoms with Gasteiger partial charge in [-0.25, -0.2) is 13.2 Å². The van der Waals surface area contributed by atoms with Crippen molar-refractivity contribution in [3.05, 3.63) is 28.8 Å². The average Bonchev–Trinajstić information content (AvgIpc) is 2.73. The summed E-state index contributed by atoms with van der Waals surface area (Å²) in [5, 5.41) is 3.30. The third kappa shape index (κ3) is 3.43. The highest BCUT2D eigenvalue weighted by molar-refractivity contribution is 7.91. The lowest BCUT2D eigenvalue weighted by molar-refractivity contribution is 0.209. The second-order valence-electron chi connectivity index (χ2n) is 5.06. The van der Waals surface area contributed by atoms with Gasteiger partial charge in [0.1, 0.15) is 0 Å². The van der Waals surface area contributed by atoms with Gasteiger partial charge in [0.05, 0.1) is 11.5 Å². The van der Waals surface area contributed by atoms with Crippen LogP contribution >= 0.6 is 11.6 Å². The topological polar surface area (TPSA) is 66.5 Å². The second-order valence-corrected chi connectivity index (χ2v) is 7.70. The Balaban J connectivity index is 2.02. The molecule has 2 rings (SSSR count). The Labute approximate surface area is 123 Å². The standard InChI is InChI=1S/C13H17ClN2O3S/c1-9-3-4-10(7-12(9)14)15-13(17)16(2)11-5-6-20(18,19)8-11/h3-4,7,11H,5-6,8H2,1-2H3,(H,15,17). The molecule has 1 saturated heterocycles. The van der Waals surface area contributed by atoms with E-state index >= 15 is 0 Å². The smallest absolute Gasteiger partial charge is 0.321 e. The lowest BCUT2D eigenvalue weighted by Crippen LogP contribution is -2.40. The monoisotopic (exact) mass is 316 g/mol. The molecule has 5 nitrogen and oxygen atoms in total. The number of amides is 2. The molecule has 1 aromatic rings. The van der Waals surface area contributed by atoms with Gasteiger partial charge in [0.25, 0.3) is 0 Å². The molecule has 0 radical (unpaired) electrons. The molecule has 0 bridgehead atoms. The highest BCUT2D eigenvalue weighted by atomic mass is 35.5. The highest BCUT2D eigenvalue weighted by Gasteiger charge is 2.32. The van der Waals surface area contributed by atoms with Crippen molar-refractivity contribution in [2.24, 2.45) is 0 Å². The second kappa shape index (κ2) is 5.61. The van der Waals surface area contributed by atoms with Gasteiger partial charge in [0, 0.05) is 23.8 Å². The first-order valence-corrected chi connectivity index (χ1v) is 8.49. The molecule has 20 heavy (non-hydrogen) atoms. The molecule has 1 aliphatic heterocycles. The van der Waals surface area contributed by atoms with E-state index < -0.39 is 9.84 Å². The number of carbonyl (C=O) groups excluding carboxylic acids is 1. The molecule has 110 valence electrons. The van der Waals surface area contributed by atoms with Crippen LogP contribution in [0.25, 0.3) is 0 Å². The van der Waals surface area contributed by atoms with Gasteiger partial charge in [-0.1, -0.05) is 17.7 Å². The first-order chi connectivity index (χ1) is 9.28. The number of aryl methyl sites for hydroxylation is 1. The minimum Gasteiger partial charge on any atom is -0.324 e. The van der Waals surface area contributed by atoms with Gasteiger partial charge in [-0.05, 0) is 31.0 Å². The summed E-state index contributed by atoms with van der Waals surface area (Å²) in [6, 6.07) is 4.66. The third-order valence-electron chi connectivity index (χ3n) is 3.50. The number of halogens is 1. The van der Waals surface area contributed by atoms with Crippen molar-refractivity contribution in [1.29, 1.82) is 0 Å². The largest absolute Gasteiger partial charge is 0.324 e. The van der Waals surface area contributed by atoms with Gasteiger partial charge < -0.3 is 10.2 Å². The van der Waals surface area contributed by atoms with Crippen LogP contribution in [0, 0.1) is 6.92 Å². The van der Waals surface area contributed by atoms with E-state index in [9.17, 15) is 13.2 Å². The van der Waals surface area contributed by atoms with E-state index in [1.807, 2.05) is 13.0 Å². The summed E-state index contributed by atoms with van der Waals surface area (Å²) in [6.45, 7) is 1.88. The summed E-state index contributed by atoms with van der Waals surface area (Å²) in [4.78, 5) is 13.5.